The molecule has 0 radical (unpaired) electrons. The number of hydrogen-bond acceptors (Lipinski definition) is 2. The van der Waals surface area contributed by atoms with Crippen LogP contribution in [0.2, 0.25) is 5.02 Å². The molecule has 1 N–H and O–H groups in total. The van der Waals surface area contributed by atoms with Crippen LogP contribution >= 0.6 is 11.6 Å². The van der Waals surface area contributed by atoms with Crippen molar-refractivity contribution < 1.29 is 14.7 Å². The van der Waals surface area contributed by atoms with Gasteiger partial charge in [0.15, 0.2) is 0 Å². The molecular formula is C15H18ClNO3. The van der Waals surface area contributed by atoms with Crippen LogP contribution in [0.3, 0.4) is 0 Å². The molecule has 4 nitrogen and oxygen atoms in total. The summed E-state index contributed by atoms with van der Waals surface area (Å²) in [7, 11) is 0. The number of carboxylic acid groups (broad SMARTS) is 1. The zero-order valence-electron chi connectivity index (χ0n) is 11.6. The smallest absolute Gasteiger partial charge is 0.311 e. The first-order valence-corrected chi connectivity index (χ1v) is 7.00. The van der Waals surface area contributed by atoms with Crippen molar-refractivity contribution in [2.24, 2.45) is 5.41 Å². The molecule has 1 aromatic rings. The van der Waals surface area contributed by atoms with Crippen molar-refractivity contribution in [3.05, 3.63) is 34.3 Å². The minimum Gasteiger partial charge on any atom is -0.481 e. The average molecular weight is 296 g/mol. The third-order valence-electron chi connectivity index (χ3n) is 3.93. The first-order valence-electron chi connectivity index (χ1n) is 6.62. The lowest BCUT2D eigenvalue weighted by molar-refractivity contribution is -0.150. The maximum absolute atomic E-state index is 12.6. The molecule has 1 heterocycles. The van der Waals surface area contributed by atoms with Crippen LogP contribution in [0.4, 0.5) is 0 Å². The molecule has 1 aliphatic rings. The fourth-order valence-electron chi connectivity index (χ4n) is 2.58. The van der Waals surface area contributed by atoms with Gasteiger partial charge in [-0.25, -0.2) is 0 Å². The van der Waals surface area contributed by atoms with Crippen molar-refractivity contribution >= 4 is 23.5 Å². The Bertz CT molecular complexity index is 558. The lowest BCUT2D eigenvalue weighted by Crippen LogP contribution is -2.48. The highest BCUT2D eigenvalue weighted by molar-refractivity contribution is 6.31. The SMILES string of the molecule is Cc1ccc(Cl)cc1C(=O)N1CCCC(C)(C(=O)O)C1. The molecule has 1 unspecified atom stereocenters. The summed E-state index contributed by atoms with van der Waals surface area (Å²) in [5, 5.41) is 9.82. The molecule has 0 bridgehead atoms. The number of hydrogen-bond donors (Lipinski definition) is 1. The highest BCUT2D eigenvalue weighted by Crippen LogP contribution is 2.31. The summed E-state index contributed by atoms with van der Waals surface area (Å²) in [4.78, 5) is 25.5. The molecule has 1 saturated heterocycles. The fraction of sp³-hybridized carbons (Fsp3) is 0.467. The summed E-state index contributed by atoms with van der Waals surface area (Å²) in [6.07, 6.45) is 1.30. The fourth-order valence-corrected chi connectivity index (χ4v) is 2.75. The van der Waals surface area contributed by atoms with Crippen molar-refractivity contribution in [2.75, 3.05) is 13.1 Å². The van der Waals surface area contributed by atoms with Crippen LogP contribution in [0.1, 0.15) is 35.7 Å². The van der Waals surface area contributed by atoms with E-state index in [-0.39, 0.29) is 12.5 Å². The predicted molar refractivity (Wildman–Crippen MR) is 77.1 cm³/mol. The molecule has 1 aliphatic heterocycles. The van der Waals surface area contributed by atoms with Crippen LogP contribution in [-0.2, 0) is 4.79 Å². The number of aryl methyl sites for hydroxylation is 1. The third kappa shape index (κ3) is 2.80. The van der Waals surface area contributed by atoms with Crippen molar-refractivity contribution in [3.63, 3.8) is 0 Å². The second-order valence-electron chi connectivity index (χ2n) is 5.66. The largest absolute Gasteiger partial charge is 0.481 e. The number of rotatable bonds is 2. The molecule has 1 atom stereocenters. The van der Waals surface area contributed by atoms with Crippen LogP contribution in [0.5, 0.6) is 0 Å². The summed E-state index contributed by atoms with van der Waals surface area (Å²) in [5.41, 5.74) is 0.537. The summed E-state index contributed by atoms with van der Waals surface area (Å²) in [5.74, 6) is -0.991. The first-order chi connectivity index (χ1) is 9.33. The molecule has 20 heavy (non-hydrogen) atoms. The van der Waals surface area contributed by atoms with E-state index in [1.807, 2.05) is 6.92 Å². The van der Waals surface area contributed by atoms with Gasteiger partial charge in [-0.05, 0) is 44.4 Å². The van der Waals surface area contributed by atoms with Crippen LogP contribution in [0, 0.1) is 12.3 Å². The van der Waals surface area contributed by atoms with E-state index >= 15 is 0 Å². The second-order valence-corrected chi connectivity index (χ2v) is 6.09. The van der Waals surface area contributed by atoms with E-state index in [1.54, 1.807) is 30.0 Å². The number of nitrogens with zero attached hydrogens (tertiary/aromatic N) is 1. The topological polar surface area (TPSA) is 57.6 Å². The quantitative estimate of drug-likeness (QED) is 0.912. The van der Waals surface area contributed by atoms with E-state index in [0.29, 0.717) is 30.0 Å². The number of piperidine rings is 1. The van der Waals surface area contributed by atoms with Gasteiger partial charge < -0.3 is 10.0 Å². The third-order valence-corrected chi connectivity index (χ3v) is 4.17. The zero-order chi connectivity index (χ0) is 14.9. The van der Waals surface area contributed by atoms with Crippen molar-refractivity contribution in [1.29, 1.82) is 0 Å². The highest BCUT2D eigenvalue weighted by atomic mass is 35.5. The van der Waals surface area contributed by atoms with Crippen LogP contribution in [0.25, 0.3) is 0 Å². The van der Waals surface area contributed by atoms with Gasteiger partial charge in [0.25, 0.3) is 5.91 Å². The molecule has 1 amide bonds. The van der Waals surface area contributed by atoms with Gasteiger partial charge in [0.1, 0.15) is 0 Å². The lowest BCUT2D eigenvalue weighted by Gasteiger charge is -2.37. The van der Waals surface area contributed by atoms with Crippen LogP contribution in [-0.4, -0.2) is 35.0 Å². The van der Waals surface area contributed by atoms with Crippen LogP contribution in [0.15, 0.2) is 18.2 Å². The molecule has 108 valence electrons. The molecule has 0 aromatic heterocycles. The maximum Gasteiger partial charge on any atom is 0.311 e. The Morgan fingerprint density at radius 3 is 2.75 bits per heavy atom. The predicted octanol–water partition coefficient (Wildman–Crippen LogP) is 2.98. The van der Waals surface area contributed by atoms with Crippen LogP contribution < -0.4 is 0 Å². The summed E-state index contributed by atoms with van der Waals surface area (Å²) < 4.78 is 0. The van der Waals surface area contributed by atoms with E-state index in [9.17, 15) is 14.7 Å². The first kappa shape index (κ1) is 14.9. The molecule has 0 spiro atoms. The molecule has 1 fully saturated rings. The van der Waals surface area contributed by atoms with Crippen molar-refractivity contribution in [2.45, 2.75) is 26.7 Å². The van der Waals surface area contributed by atoms with Crippen molar-refractivity contribution in [1.82, 2.24) is 4.90 Å². The Hall–Kier alpha value is -1.55. The van der Waals surface area contributed by atoms with Crippen molar-refractivity contribution in [3.8, 4) is 0 Å². The number of aliphatic carboxylic acids is 1. The number of carboxylic acids is 1. The van der Waals surface area contributed by atoms with Gasteiger partial charge in [-0.2, -0.15) is 0 Å². The summed E-state index contributed by atoms with van der Waals surface area (Å²) >= 11 is 5.94. The Balaban J connectivity index is 2.25. The number of amides is 1. The van der Waals surface area contributed by atoms with E-state index in [1.165, 1.54) is 0 Å². The van der Waals surface area contributed by atoms with Gasteiger partial charge in [-0.15, -0.1) is 0 Å². The molecule has 0 aliphatic carbocycles. The number of benzene rings is 1. The average Bonchev–Trinajstić information content (AvgIpc) is 2.40. The van der Waals surface area contributed by atoms with E-state index in [2.05, 4.69) is 0 Å². The van der Waals surface area contributed by atoms with Gasteiger partial charge in [0.2, 0.25) is 0 Å². The number of carbonyl (C=O) groups excluding carboxylic acids is 1. The Morgan fingerprint density at radius 1 is 1.40 bits per heavy atom. The van der Waals surface area contributed by atoms with Gasteiger partial charge in [0.05, 0.1) is 5.41 Å². The van der Waals surface area contributed by atoms with E-state index in [4.69, 9.17) is 11.6 Å². The minimum absolute atomic E-state index is 0.142. The van der Waals surface area contributed by atoms with Gasteiger partial charge in [-0.1, -0.05) is 17.7 Å². The molecule has 5 heteroatoms. The maximum atomic E-state index is 12.6. The Kier molecular flexibility index (Phi) is 4.04. The van der Waals surface area contributed by atoms with Gasteiger partial charge in [0, 0.05) is 23.7 Å². The monoisotopic (exact) mass is 295 g/mol. The standard InChI is InChI=1S/C15H18ClNO3/c1-10-4-5-11(16)8-12(10)13(18)17-7-3-6-15(2,9-17)14(19)20/h4-5,8H,3,6-7,9H2,1-2H3,(H,19,20). The van der Waals surface area contributed by atoms with Gasteiger partial charge in [-0.3, -0.25) is 9.59 Å². The minimum atomic E-state index is -0.861. The lowest BCUT2D eigenvalue weighted by atomic mass is 9.82. The normalized spacial score (nSPS) is 22.6. The molecule has 1 aromatic carbocycles. The van der Waals surface area contributed by atoms with E-state index in [0.717, 1.165) is 5.56 Å². The molecular weight excluding hydrogens is 278 g/mol. The summed E-state index contributed by atoms with van der Waals surface area (Å²) in [6, 6.07) is 5.19. The number of likely N-dealkylation sites (tertiary alicyclic amines) is 1. The second kappa shape index (κ2) is 5.44. The molecule has 0 saturated carbocycles. The number of carbonyl (C=O) groups is 2. The highest BCUT2D eigenvalue weighted by Gasteiger charge is 2.39. The molecule has 2 rings (SSSR count). The summed E-state index contributed by atoms with van der Waals surface area (Å²) in [6.45, 7) is 4.38. The Morgan fingerprint density at radius 2 is 2.10 bits per heavy atom. The number of halogens is 1. The van der Waals surface area contributed by atoms with E-state index < -0.39 is 11.4 Å². The van der Waals surface area contributed by atoms with Gasteiger partial charge >= 0.3 is 5.97 Å². The zero-order valence-corrected chi connectivity index (χ0v) is 12.4. The Labute approximate surface area is 123 Å².